The zero-order valence-electron chi connectivity index (χ0n) is 18.6. The molecule has 0 saturated carbocycles. The largest absolute Gasteiger partial charge is 0.484 e. The van der Waals surface area contributed by atoms with Gasteiger partial charge in [-0.1, -0.05) is 17.7 Å². The van der Waals surface area contributed by atoms with Crippen LogP contribution in [0.4, 0.5) is 5.69 Å². The van der Waals surface area contributed by atoms with E-state index in [0.29, 0.717) is 44.6 Å². The molecular weight excluding hydrogens is 442 g/mol. The lowest BCUT2D eigenvalue weighted by Crippen LogP contribution is -2.51. The minimum Gasteiger partial charge on any atom is -0.484 e. The fourth-order valence-corrected chi connectivity index (χ4v) is 6.30. The molecule has 5 rings (SSSR count). The molecule has 0 aromatic heterocycles. The summed E-state index contributed by atoms with van der Waals surface area (Å²) in [4.78, 5) is 28.4. The average molecular weight is 470 g/mol. The lowest BCUT2D eigenvalue weighted by atomic mass is 10.00. The van der Waals surface area contributed by atoms with Gasteiger partial charge in [0.2, 0.25) is 15.9 Å². The summed E-state index contributed by atoms with van der Waals surface area (Å²) >= 11 is 0. The van der Waals surface area contributed by atoms with Gasteiger partial charge in [0, 0.05) is 39.1 Å². The van der Waals surface area contributed by atoms with Crippen LogP contribution in [0.15, 0.2) is 41.3 Å². The van der Waals surface area contributed by atoms with E-state index in [1.54, 1.807) is 21.9 Å². The third-order valence-electron chi connectivity index (χ3n) is 6.64. The Balaban J connectivity index is 1.23. The molecule has 0 radical (unpaired) electrons. The highest BCUT2D eigenvalue weighted by atomic mass is 32.2. The number of hydrogen-bond acceptors (Lipinski definition) is 5. The van der Waals surface area contributed by atoms with Crippen molar-refractivity contribution in [2.24, 2.45) is 0 Å². The number of amides is 2. The Bertz CT molecular complexity index is 1200. The van der Waals surface area contributed by atoms with Crippen molar-refractivity contribution in [3.05, 3.63) is 53.1 Å². The topological polar surface area (TPSA) is 87.2 Å². The summed E-state index contributed by atoms with van der Waals surface area (Å²) in [7, 11) is -3.67. The maximum Gasteiger partial charge on any atom is 0.260 e. The number of hydrogen-bond donors (Lipinski definition) is 0. The first-order chi connectivity index (χ1) is 15.8. The van der Waals surface area contributed by atoms with Crippen LogP contribution < -0.4 is 9.64 Å². The SMILES string of the molecule is Cc1ccc(OCC(=O)N2CCN(S(=O)(=O)c3cc4c5c(c3)CCN5C(=O)CC4)CC2)cc1. The summed E-state index contributed by atoms with van der Waals surface area (Å²) in [5.41, 5.74) is 3.89. The summed E-state index contributed by atoms with van der Waals surface area (Å²) in [6, 6.07) is 10.9. The van der Waals surface area contributed by atoms with Crippen LogP contribution >= 0.6 is 0 Å². The molecule has 3 aliphatic rings. The van der Waals surface area contributed by atoms with E-state index in [2.05, 4.69) is 0 Å². The van der Waals surface area contributed by atoms with Gasteiger partial charge in [-0.05, 0) is 55.2 Å². The minimum absolute atomic E-state index is 0.0702. The van der Waals surface area contributed by atoms with Crippen molar-refractivity contribution in [3.63, 3.8) is 0 Å². The van der Waals surface area contributed by atoms with Crippen molar-refractivity contribution in [1.82, 2.24) is 9.21 Å². The zero-order valence-corrected chi connectivity index (χ0v) is 19.4. The van der Waals surface area contributed by atoms with E-state index >= 15 is 0 Å². The predicted molar refractivity (Wildman–Crippen MR) is 123 cm³/mol. The molecule has 0 N–H and O–H groups in total. The van der Waals surface area contributed by atoms with Crippen molar-refractivity contribution in [2.45, 2.75) is 31.1 Å². The quantitative estimate of drug-likeness (QED) is 0.666. The highest BCUT2D eigenvalue weighted by Gasteiger charge is 2.35. The van der Waals surface area contributed by atoms with Gasteiger partial charge in [-0.2, -0.15) is 4.31 Å². The molecule has 174 valence electrons. The molecule has 2 amide bonds. The number of carbonyl (C=O) groups excluding carboxylic acids is 2. The van der Waals surface area contributed by atoms with Crippen LogP contribution in [0.5, 0.6) is 5.75 Å². The van der Waals surface area contributed by atoms with E-state index in [1.807, 2.05) is 31.2 Å². The van der Waals surface area contributed by atoms with Gasteiger partial charge in [0.25, 0.3) is 5.91 Å². The first-order valence-corrected chi connectivity index (χ1v) is 12.7. The number of nitrogens with zero attached hydrogens (tertiary/aromatic N) is 3. The molecule has 9 heteroatoms. The zero-order chi connectivity index (χ0) is 23.2. The van der Waals surface area contributed by atoms with Gasteiger partial charge in [0.15, 0.2) is 6.61 Å². The Kier molecular flexibility index (Phi) is 5.62. The van der Waals surface area contributed by atoms with Gasteiger partial charge in [-0.25, -0.2) is 8.42 Å². The van der Waals surface area contributed by atoms with Crippen LogP contribution in [0.1, 0.15) is 23.1 Å². The van der Waals surface area contributed by atoms with Crippen molar-refractivity contribution < 1.29 is 22.7 Å². The molecule has 33 heavy (non-hydrogen) atoms. The van der Waals surface area contributed by atoms with Crippen molar-refractivity contribution >= 4 is 27.5 Å². The second kappa shape index (κ2) is 8.46. The summed E-state index contributed by atoms with van der Waals surface area (Å²) in [6.45, 7) is 3.68. The van der Waals surface area contributed by atoms with Crippen LogP contribution in [0, 0.1) is 6.92 Å². The Morgan fingerprint density at radius 3 is 2.30 bits per heavy atom. The second-order valence-electron chi connectivity index (χ2n) is 8.77. The number of rotatable bonds is 5. The molecule has 0 atom stereocenters. The summed E-state index contributed by atoms with van der Waals surface area (Å²) in [5.74, 6) is 0.597. The fraction of sp³-hybridized carbons (Fsp3) is 0.417. The van der Waals surface area contributed by atoms with Crippen molar-refractivity contribution in [1.29, 1.82) is 0 Å². The molecule has 0 spiro atoms. The molecule has 3 aliphatic heterocycles. The lowest BCUT2D eigenvalue weighted by Gasteiger charge is -2.34. The molecule has 2 aromatic carbocycles. The molecule has 1 fully saturated rings. The first-order valence-electron chi connectivity index (χ1n) is 11.3. The Morgan fingerprint density at radius 1 is 0.939 bits per heavy atom. The lowest BCUT2D eigenvalue weighted by molar-refractivity contribution is -0.134. The predicted octanol–water partition coefficient (Wildman–Crippen LogP) is 1.74. The third-order valence-corrected chi connectivity index (χ3v) is 8.51. The van der Waals surface area contributed by atoms with Crippen LogP contribution in [0.2, 0.25) is 0 Å². The van der Waals surface area contributed by atoms with Crippen molar-refractivity contribution in [3.8, 4) is 5.75 Å². The maximum absolute atomic E-state index is 13.4. The van der Waals surface area contributed by atoms with Gasteiger partial charge in [-0.3, -0.25) is 9.59 Å². The molecule has 0 aliphatic carbocycles. The van der Waals surface area contributed by atoms with Gasteiger partial charge >= 0.3 is 0 Å². The molecule has 0 bridgehead atoms. The normalized spacial score (nSPS) is 18.4. The van der Waals surface area contributed by atoms with E-state index in [1.165, 1.54) is 4.31 Å². The Hall–Kier alpha value is -2.91. The van der Waals surface area contributed by atoms with E-state index in [0.717, 1.165) is 22.4 Å². The number of ether oxygens (including phenoxy) is 1. The third kappa shape index (κ3) is 4.11. The Morgan fingerprint density at radius 2 is 1.61 bits per heavy atom. The highest BCUT2D eigenvalue weighted by Crippen LogP contribution is 2.39. The standard InChI is InChI=1S/C24H27N3O5S/c1-17-2-5-20(6-3-17)32-16-23(29)25-10-12-26(13-11-25)33(30,31)21-14-18-4-7-22(28)27-9-8-19(15-21)24(18)27/h2-3,5-6,14-15H,4,7-13,16H2,1H3. The van der Waals surface area contributed by atoms with Crippen LogP contribution in [-0.2, 0) is 32.5 Å². The van der Waals surface area contributed by atoms with Gasteiger partial charge in [0.05, 0.1) is 10.6 Å². The number of aryl methyl sites for hydroxylation is 2. The monoisotopic (exact) mass is 469 g/mol. The minimum atomic E-state index is -3.67. The van der Waals surface area contributed by atoms with E-state index in [9.17, 15) is 18.0 Å². The van der Waals surface area contributed by atoms with Crippen LogP contribution in [-0.4, -0.2) is 68.8 Å². The molecule has 3 heterocycles. The first kappa shape index (κ1) is 21.9. The van der Waals surface area contributed by atoms with Gasteiger partial charge in [0.1, 0.15) is 5.75 Å². The number of carbonyl (C=O) groups is 2. The summed E-state index contributed by atoms with van der Waals surface area (Å²) in [6.07, 6.45) is 1.67. The van der Waals surface area contributed by atoms with Crippen molar-refractivity contribution in [2.75, 3.05) is 44.2 Å². The smallest absolute Gasteiger partial charge is 0.260 e. The summed E-state index contributed by atoms with van der Waals surface area (Å²) < 4.78 is 33.7. The van der Waals surface area contributed by atoms with Crippen LogP contribution in [0.3, 0.4) is 0 Å². The number of anilines is 1. The van der Waals surface area contributed by atoms with E-state index in [-0.39, 0.29) is 36.4 Å². The molecular formula is C24H27N3O5S. The summed E-state index contributed by atoms with van der Waals surface area (Å²) in [5, 5.41) is 0. The van der Waals surface area contributed by atoms with E-state index < -0.39 is 10.0 Å². The number of sulfonamides is 1. The maximum atomic E-state index is 13.4. The fourth-order valence-electron chi connectivity index (χ4n) is 4.77. The van der Waals surface area contributed by atoms with Crippen LogP contribution in [0.25, 0.3) is 0 Å². The average Bonchev–Trinajstić information content (AvgIpc) is 3.26. The second-order valence-corrected chi connectivity index (χ2v) is 10.7. The number of benzene rings is 2. The number of piperazine rings is 1. The molecule has 0 unspecified atom stereocenters. The Labute approximate surface area is 193 Å². The van der Waals surface area contributed by atoms with Gasteiger partial charge in [-0.15, -0.1) is 0 Å². The highest BCUT2D eigenvalue weighted by molar-refractivity contribution is 7.89. The molecule has 8 nitrogen and oxygen atoms in total. The van der Waals surface area contributed by atoms with E-state index in [4.69, 9.17) is 4.74 Å². The molecule has 1 saturated heterocycles. The molecule has 2 aromatic rings. The van der Waals surface area contributed by atoms with Gasteiger partial charge < -0.3 is 14.5 Å².